The van der Waals surface area contributed by atoms with Crippen LogP contribution in [0, 0.1) is 5.41 Å². The second-order valence-electron chi connectivity index (χ2n) is 5.24. The van der Waals surface area contributed by atoms with Gasteiger partial charge in [0.15, 0.2) is 5.17 Å². The summed E-state index contributed by atoms with van der Waals surface area (Å²) in [6, 6.07) is -0.311. The molecular weight excluding hydrogens is 248 g/mol. The highest BCUT2D eigenvalue weighted by Crippen LogP contribution is 2.43. The average molecular weight is 270 g/mol. The Labute approximate surface area is 113 Å². The van der Waals surface area contributed by atoms with Crippen molar-refractivity contribution in [3.63, 3.8) is 0 Å². The Bertz CT molecular complexity index is 338. The van der Waals surface area contributed by atoms with Gasteiger partial charge in [-0.15, -0.1) is 0 Å². The summed E-state index contributed by atoms with van der Waals surface area (Å²) in [6.07, 6.45) is 5.31. The lowest BCUT2D eigenvalue weighted by Gasteiger charge is -2.31. The van der Waals surface area contributed by atoms with E-state index in [1.54, 1.807) is 11.8 Å². The number of thioether (sulfide) groups is 1. The minimum Gasteiger partial charge on any atom is -0.464 e. The largest absolute Gasteiger partial charge is 0.464 e. The molecule has 0 radical (unpaired) electrons. The topological polar surface area (TPSA) is 50.7 Å². The molecule has 102 valence electrons. The van der Waals surface area contributed by atoms with Gasteiger partial charge in [-0.2, -0.15) is 0 Å². The molecular formula is C13H22N2O2S. The summed E-state index contributed by atoms with van der Waals surface area (Å²) < 4.78 is 4.97. The van der Waals surface area contributed by atoms with Crippen LogP contribution in [0.3, 0.4) is 0 Å². The van der Waals surface area contributed by atoms with E-state index in [0.29, 0.717) is 12.0 Å². The normalized spacial score (nSPS) is 23.6. The molecule has 5 heteroatoms. The van der Waals surface area contributed by atoms with Crippen LogP contribution in [-0.4, -0.2) is 36.1 Å². The predicted molar refractivity (Wildman–Crippen MR) is 74.9 cm³/mol. The van der Waals surface area contributed by atoms with E-state index in [1.165, 1.54) is 25.7 Å². The quantitative estimate of drug-likeness (QED) is 0.799. The van der Waals surface area contributed by atoms with Crippen LogP contribution in [0.2, 0.25) is 0 Å². The van der Waals surface area contributed by atoms with Gasteiger partial charge >= 0.3 is 5.97 Å². The maximum Gasteiger partial charge on any atom is 0.328 e. The third-order valence-electron chi connectivity index (χ3n) is 3.72. The van der Waals surface area contributed by atoms with Crippen LogP contribution in [-0.2, 0) is 9.53 Å². The lowest BCUT2D eigenvalue weighted by atomic mass is 9.89. The first-order chi connectivity index (χ1) is 8.65. The van der Waals surface area contributed by atoms with Crippen molar-refractivity contribution in [2.45, 2.75) is 45.6 Å². The number of nitrogens with one attached hydrogen (secondary N) is 1. The molecule has 0 aromatic rings. The van der Waals surface area contributed by atoms with E-state index in [1.807, 2.05) is 13.8 Å². The van der Waals surface area contributed by atoms with Crippen molar-refractivity contribution in [1.82, 2.24) is 5.32 Å². The Balaban J connectivity index is 1.84. The summed E-state index contributed by atoms with van der Waals surface area (Å²) in [5, 5.41) is 4.04. The van der Waals surface area contributed by atoms with Gasteiger partial charge in [-0.1, -0.05) is 24.6 Å². The highest BCUT2D eigenvalue weighted by atomic mass is 32.2. The maximum atomic E-state index is 11.5. The summed E-state index contributed by atoms with van der Waals surface area (Å²) in [5.74, 6) is 0.927. The monoisotopic (exact) mass is 270 g/mol. The highest BCUT2D eigenvalue weighted by molar-refractivity contribution is 8.13. The van der Waals surface area contributed by atoms with Gasteiger partial charge in [0.1, 0.15) is 6.04 Å². The first kappa shape index (κ1) is 13.7. The lowest BCUT2D eigenvalue weighted by molar-refractivity contribution is -0.144. The van der Waals surface area contributed by atoms with Crippen molar-refractivity contribution in [2.24, 2.45) is 10.4 Å². The Hall–Kier alpha value is -0.710. The number of esters is 1. The number of nitrogens with zero attached hydrogens (tertiary/aromatic N) is 1. The molecule has 1 N–H and O–H groups in total. The van der Waals surface area contributed by atoms with Crippen LogP contribution in [0.5, 0.6) is 0 Å². The Morgan fingerprint density at radius 3 is 2.83 bits per heavy atom. The van der Waals surface area contributed by atoms with Gasteiger partial charge in [0.05, 0.1) is 6.61 Å². The molecule has 18 heavy (non-hydrogen) atoms. The van der Waals surface area contributed by atoms with E-state index >= 15 is 0 Å². The lowest BCUT2D eigenvalue weighted by Crippen LogP contribution is -2.41. The summed E-state index contributed by atoms with van der Waals surface area (Å²) in [6.45, 7) is 4.98. The minimum absolute atomic E-state index is 0.207. The molecule has 1 saturated carbocycles. The van der Waals surface area contributed by atoms with E-state index in [-0.39, 0.29) is 12.0 Å². The second kappa shape index (κ2) is 5.95. The molecule has 1 aliphatic carbocycles. The number of aliphatic imine (C=N–C) groups is 1. The molecule has 0 aromatic heterocycles. The van der Waals surface area contributed by atoms with Gasteiger partial charge in [0.2, 0.25) is 0 Å². The van der Waals surface area contributed by atoms with Crippen molar-refractivity contribution < 1.29 is 9.53 Å². The smallest absolute Gasteiger partial charge is 0.328 e. The standard InChI is InChI=1S/C13H22N2O2S/c1-3-17-11(16)10(2)15-12-14-8-13(9-18-12)6-4-5-7-13/h10H,3-9H2,1-2H3,(H,14,15). The zero-order chi connectivity index (χ0) is 13.0. The van der Waals surface area contributed by atoms with E-state index in [2.05, 4.69) is 10.3 Å². The van der Waals surface area contributed by atoms with Crippen molar-refractivity contribution in [2.75, 3.05) is 18.9 Å². The molecule has 0 saturated heterocycles. The number of carbonyl (C=O) groups excluding carboxylic acids is 1. The molecule has 2 rings (SSSR count). The Kier molecular flexibility index (Phi) is 4.54. The van der Waals surface area contributed by atoms with E-state index in [0.717, 1.165) is 17.5 Å². The molecule has 0 aromatic carbocycles. The van der Waals surface area contributed by atoms with E-state index in [4.69, 9.17) is 4.74 Å². The summed E-state index contributed by atoms with van der Waals surface area (Å²) >= 11 is 1.75. The van der Waals surface area contributed by atoms with Crippen LogP contribution < -0.4 is 5.32 Å². The van der Waals surface area contributed by atoms with Crippen LogP contribution in [0.15, 0.2) is 4.99 Å². The fraction of sp³-hybridized carbons (Fsp3) is 0.846. The maximum absolute atomic E-state index is 11.5. The fourth-order valence-electron chi connectivity index (χ4n) is 2.58. The van der Waals surface area contributed by atoms with E-state index < -0.39 is 0 Å². The molecule has 1 heterocycles. The van der Waals surface area contributed by atoms with Crippen molar-refractivity contribution in [1.29, 1.82) is 0 Å². The number of rotatable bonds is 3. The first-order valence-corrected chi connectivity index (χ1v) is 7.74. The molecule has 0 bridgehead atoms. The molecule has 1 unspecified atom stereocenters. The van der Waals surface area contributed by atoms with Gasteiger partial charge in [-0.05, 0) is 32.1 Å². The van der Waals surface area contributed by atoms with Crippen LogP contribution in [0.4, 0.5) is 0 Å². The van der Waals surface area contributed by atoms with Crippen LogP contribution >= 0.6 is 11.8 Å². The minimum atomic E-state index is -0.311. The molecule has 1 spiro atoms. The zero-order valence-corrected chi connectivity index (χ0v) is 12.0. The molecule has 1 atom stereocenters. The van der Waals surface area contributed by atoms with Gasteiger partial charge in [-0.25, -0.2) is 4.79 Å². The number of amidine groups is 1. The van der Waals surface area contributed by atoms with Gasteiger partial charge in [-0.3, -0.25) is 4.99 Å². The van der Waals surface area contributed by atoms with Crippen molar-refractivity contribution >= 4 is 22.9 Å². The molecule has 4 nitrogen and oxygen atoms in total. The van der Waals surface area contributed by atoms with Crippen LogP contribution in [0.25, 0.3) is 0 Å². The number of hydrogen-bond donors (Lipinski definition) is 1. The van der Waals surface area contributed by atoms with Gasteiger partial charge in [0, 0.05) is 12.3 Å². The Morgan fingerprint density at radius 2 is 2.28 bits per heavy atom. The summed E-state index contributed by atoms with van der Waals surface area (Å²) in [7, 11) is 0. The van der Waals surface area contributed by atoms with Crippen molar-refractivity contribution in [3.05, 3.63) is 0 Å². The van der Waals surface area contributed by atoms with Crippen LogP contribution in [0.1, 0.15) is 39.5 Å². The number of ether oxygens (including phenoxy) is 1. The number of carbonyl (C=O) groups is 1. The van der Waals surface area contributed by atoms with Crippen molar-refractivity contribution in [3.8, 4) is 0 Å². The molecule has 0 amide bonds. The SMILES string of the molecule is CCOC(=O)C(C)NC1=NCC2(CCCC2)CS1. The first-order valence-electron chi connectivity index (χ1n) is 6.76. The third kappa shape index (κ3) is 3.19. The highest BCUT2D eigenvalue weighted by Gasteiger charge is 2.36. The Morgan fingerprint density at radius 1 is 1.56 bits per heavy atom. The van der Waals surface area contributed by atoms with Gasteiger partial charge < -0.3 is 10.1 Å². The summed E-state index contributed by atoms with van der Waals surface area (Å²) in [4.78, 5) is 16.1. The number of hydrogen-bond acceptors (Lipinski definition) is 5. The third-order valence-corrected chi connectivity index (χ3v) is 4.99. The fourth-order valence-corrected chi connectivity index (χ4v) is 3.82. The zero-order valence-electron chi connectivity index (χ0n) is 11.2. The summed E-state index contributed by atoms with van der Waals surface area (Å²) in [5.41, 5.74) is 0.447. The predicted octanol–water partition coefficient (Wildman–Crippen LogP) is 2.19. The second-order valence-corrected chi connectivity index (χ2v) is 6.20. The molecule has 1 aliphatic heterocycles. The average Bonchev–Trinajstić information content (AvgIpc) is 2.81. The molecule has 1 fully saturated rings. The van der Waals surface area contributed by atoms with Gasteiger partial charge in [0.25, 0.3) is 0 Å². The molecule has 2 aliphatic rings. The van der Waals surface area contributed by atoms with E-state index in [9.17, 15) is 4.79 Å².